The first-order chi connectivity index (χ1) is 7.31. The zero-order chi connectivity index (χ0) is 10.7. The Morgan fingerprint density at radius 3 is 3.27 bits per heavy atom. The molecule has 1 unspecified atom stereocenters. The molecule has 0 aliphatic heterocycles. The molecular formula is C12H18INS. The van der Waals surface area contributed by atoms with Crippen molar-refractivity contribution in [2.45, 2.75) is 45.1 Å². The number of hydrogen-bond donors (Lipinski definition) is 1. The molecule has 0 bridgehead atoms. The zero-order valence-electron chi connectivity index (χ0n) is 9.18. The summed E-state index contributed by atoms with van der Waals surface area (Å²) in [5.41, 5.74) is 1.59. The molecule has 0 saturated carbocycles. The van der Waals surface area contributed by atoms with Gasteiger partial charge in [0.05, 0.1) is 2.88 Å². The molecule has 1 aliphatic rings. The monoisotopic (exact) mass is 335 g/mol. The predicted molar refractivity (Wildman–Crippen MR) is 75.6 cm³/mol. The summed E-state index contributed by atoms with van der Waals surface area (Å²) in [7, 11) is 0. The molecular weight excluding hydrogens is 317 g/mol. The van der Waals surface area contributed by atoms with Gasteiger partial charge in [-0.05, 0) is 66.4 Å². The molecule has 0 fully saturated rings. The van der Waals surface area contributed by atoms with Crippen LogP contribution in [0.15, 0.2) is 6.07 Å². The van der Waals surface area contributed by atoms with Crippen LogP contribution >= 0.6 is 33.9 Å². The summed E-state index contributed by atoms with van der Waals surface area (Å²) in [6, 6.07) is 3.02. The Morgan fingerprint density at radius 2 is 2.47 bits per heavy atom. The van der Waals surface area contributed by atoms with Crippen molar-refractivity contribution in [2.75, 3.05) is 6.54 Å². The van der Waals surface area contributed by atoms with Crippen LogP contribution in [0.1, 0.15) is 49.1 Å². The maximum Gasteiger partial charge on any atom is 0.0659 e. The summed E-state index contributed by atoms with van der Waals surface area (Å²) in [6.07, 6.45) is 6.56. The molecule has 0 spiro atoms. The van der Waals surface area contributed by atoms with Gasteiger partial charge < -0.3 is 5.32 Å². The molecule has 1 nitrogen and oxygen atoms in total. The van der Waals surface area contributed by atoms with Gasteiger partial charge in [0.25, 0.3) is 0 Å². The van der Waals surface area contributed by atoms with E-state index in [1.807, 2.05) is 11.3 Å². The van der Waals surface area contributed by atoms with Gasteiger partial charge >= 0.3 is 0 Å². The van der Waals surface area contributed by atoms with E-state index in [1.54, 1.807) is 10.4 Å². The third kappa shape index (κ3) is 2.94. The van der Waals surface area contributed by atoms with Crippen LogP contribution in [0.2, 0.25) is 0 Å². The predicted octanol–water partition coefficient (Wildman–Crippen LogP) is 4.12. The lowest BCUT2D eigenvalue weighted by Gasteiger charge is -2.23. The molecule has 3 heteroatoms. The number of fused-ring (bicyclic) bond motifs is 1. The third-order valence-corrected chi connectivity index (χ3v) is 4.98. The van der Waals surface area contributed by atoms with E-state index in [0.717, 1.165) is 0 Å². The van der Waals surface area contributed by atoms with E-state index in [1.165, 1.54) is 41.5 Å². The average Bonchev–Trinajstić information content (AvgIpc) is 2.59. The third-order valence-electron chi connectivity index (χ3n) is 3.00. The highest BCUT2D eigenvalue weighted by Gasteiger charge is 2.21. The number of nitrogens with one attached hydrogen (secondary N) is 1. The quantitative estimate of drug-likeness (QED) is 0.645. The highest BCUT2D eigenvalue weighted by molar-refractivity contribution is 14.1. The topological polar surface area (TPSA) is 12.0 Å². The van der Waals surface area contributed by atoms with Crippen LogP contribution in [-0.4, -0.2) is 6.54 Å². The maximum atomic E-state index is 3.70. The molecule has 1 aromatic heterocycles. The van der Waals surface area contributed by atoms with E-state index in [4.69, 9.17) is 0 Å². The average molecular weight is 335 g/mol. The second kappa shape index (κ2) is 5.64. The van der Waals surface area contributed by atoms with Gasteiger partial charge in [-0.25, -0.2) is 0 Å². The Morgan fingerprint density at radius 1 is 1.60 bits per heavy atom. The summed E-state index contributed by atoms with van der Waals surface area (Å²) >= 11 is 4.43. The Balaban J connectivity index is 2.01. The number of aryl methyl sites for hydroxylation is 1. The number of hydrogen-bond acceptors (Lipinski definition) is 2. The molecule has 1 atom stereocenters. The van der Waals surface area contributed by atoms with Crippen molar-refractivity contribution in [1.82, 2.24) is 5.32 Å². The molecule has 2 rings (SSSR count). The Hall–Kier alpha value is 0.390. The van der Waals surface area contributed by atoms with Crippen LogP contribution in [0.3, 0.4) is 0 Å². The number of halogens is 1. The van der Waals surface area contributed by atoms with E-state index >= 15 is 0 Å². The standard InChI is InChI=1S/C12H18INS/c1-2-3-7-14-10-5-4-6-11-9(10)8-12(13)15-11/h8,10,14H,2-7H2,1H3. The van der Waals surface area contributed by atoms with Gasteiger partial charge in [-0.2, -0.15) is 0 Å². The second-order valence-corrected chi connectivity index (χ2v) is 7.21. The van der Waals surface area contributed by atoms with Gasteiger partial charge in [-0.1, -0.05) is 13.3 Å². The fourth-order valence-corrected chi connectivity index (χ4v) is 4.31. The minimum Gasteiger partial charge on any atom is -0.310 e. The van der Waals surface area contributed by atoms with Crippen molar-refractivity contribution in [3.05, 3.63) is 19.4 Å². The van der Waals surface area contributed by atoms with Gasteiger partial charge in [0.15, 0.2) is 0 Å². The van der Waals surface area contributed by atoms with Crippen molar-refractivity contribution in [3.8, 4) is 0 Å². The summed E-state index contributed by atoms with van der Waals surface area (Å²) in [6.45, 7) is 3.43. The van der Waals surface area contributed by atoms with Crippen molar-refractivity contribution in [2.24, 2.45) is 0 Å². The minimum absolute atomic E-state index is 0.639. The summed E-state index contributed by atoms with van der Waals surface area (Å²) in [5.74, 6) is 0. The van der Waals surface area contributed by atoms with Crippen LogP contribution in [0.25, 0.3) is 0 Å². The number of thiophene rings is 1. The fourth-order valence-electron chi connectivity index (χ4n) is 2.19. The van der Waals surface area contributed by atoms with Crippen LogP contribution in [0.5, 0.6) is 0 Å². The molecule has 15 heavy (non-hydrogen) atoms. The maximum absolute atomic E-state index is 3.70. The van der Waals surface area contributed by atoms with E-state index in [2.05, 4.69) is 40.9 Å². The second-order valence-electron chi connectivity index (χ2n) is 4.18. The lowest BCUT2D eigenvalue weighted by Crippen LogP contribution is -2.25. The van der Waals surface area contributed by atoms with E-state index in [9.17, 15) is 0 Å². The molecule has 0 amide bonds. The highest BCUT2D eigenvalue weighted by atomic mass is 127. The van der Waals surface area contributed by atoms with Gasteiger partial charge in [0, 0.05) is 10.9 Å². The molecule has 84 valence electrons. The normalized spacial score (nSPS) is 20.3. The van der Waals surface area contributed by atoms with Gasteiger partial charge in [-0.15, -0.1) is 11.3 Å². The number of rotatable bonds is 4. The first kappa shape index (κ1) is 11.9. The lowest BCUT2D eigenvalue weighted by molar-refractivity contribution is 0.458. The Labute approximate surface area is 110 Å². The minimum atomic E-state index is 0.639. The number of unbranched alkanes of at least 4 members (excludes halogenated alkanes) is 1. The highest BCUT2D eigenvalue weighted by Crippen LogP contribution is 2.36. The summed E-state index contributed by atoms with van der Waals surface area (Å²) in [4.78, 5) is 1.62. The van der Waals surface area contributed by atoms with Crippen LogP contribution in [0.4, 0.5) is 0 Å². The van der Waals surface area contributed by atoms with Crippen molar-refractivity contribution in [3.63, 3.8) is 0 Å². The molecule has 1 aliphatic carbocycles. The largest absolute Gasteiger partial charge is 0.310 e. The first-order valence-electron chi connectivity index (χ1n) is 5.82. The molecule has 1 N–H and O–H groups in total. The van der Waals surface area contributed by atoms with Crippen molar-refractivity contribution in [1.29, 1.82) is 0 Å². The van der Waals surface area contributed by atoms with E-state index < -0.39 is 0 Å². The molecule has 0 saturated heterocycles. The molecule has 0 aromatic carbocycles. The Bertz CT molecular complexity index is 321. The summed E-state index contributed by atoms with van der Waals surface area (Å²) < 4.78 is 1.45. The molecule has 1 heterocycles. The van der Waals surface area contributed by atoms with Crippen LogP contribution < -0.4 is 5.32 Å². The summed E-state index contributed by atoms with van der Waals surface area (Å²) in [5, 5.41) is 3.70. The SMILES string of the molecule is CCCCNC1CCCc2sc(I)cc21. The van der Waals surface area contributed by atoms with Gasteiger partial charge in [-0.3, -0.25) is 0 Å². The van der Waals surface area contributed by atoms with E-state index in [-0.39, 0.29) is 0 Å². The van der Waals surface area contributed by atoms with Gasteiger partial charge in [0.1, 0.15) is 0 Å². The van der Waals surface area contributed by atoms with Crippen LogP contribution in [0, 0.1) is 2.88 Å². The van der Waals surface area contributed by atoms with Crippen LogP contribution in [-0.2, 0) is 6.42 Å². The van der Waals surface area contributed by atoms with Crippen molar-refractivity contribution < 1.29 is 0 Å². The molecule has 0 radical (unpaired) electrons. The smallest absolute Gasteiger partial charge is 0.0659 e. The van der Waals surface area contributed by atoms with Gasteiger partial charge in [0.2, 0.25) is 0 Å². The van der Waals surface area contributed by atoms with Crippen molar-refractivity contribution >= 4 is 33.9 Å². The molecule has 1 aromatic rings. The fraction of sp³-hybridized carbons (Fsp3) is 0.667. The Kier molecular flexibility index (Phi) is 4.46. The lowest BCUT2D eigenvalue weighted by atomic mass is 9.94. The first-order valence-corrected chi connectivity index (χ1v) is 7.72. The van der Waals surface area contributed by atoms with E-state index in [0.29, 0.717) is 6.04 Å². The zero-order valence-corrected chi connectivity index (χ0v) is 12.2.